The number of H-pyrrole nitrogens is 1. The highest BCUT2D eigenvalue weighted by Gasteiger charge is 2.08. The molecule has 0 saturated heterocycles. The summed E-state index contributed by atoms with van der Waals surface area (Å²) in [5, 5.41) is 6.77. The van der Waals surface area contributed by atoms with Crippen LogP contribution in [0.25, 0.3) is 0 Å². The molecule has 0 spiro atoms. The molecule has 0 unspecified atom stereocenters. The van der Waals surface area contributed by atoms with E-state index in [0.29, 0.717) is 16.6 Å². The maximum absolute atomic E-state index is 11.3. The highest BCUT2D eigenvalue weighted by molar-refractivity contribution is 7.98. The number of hydrogen-bond donors (Lipinski definition) is 3. The number of amides is 1. The number of nitrogens with two attached hydrogens (primary N) is 1. The average Bonchev–Trinajstić information content (AvgIpc) is 2.76. The topological polar surface area (TPSA) is 119 Å². The summed E-state index contributed by atoms with van der Waals surface area (Å²) >= 11 is 1.34. The Morgan fingerprint density at radius 1 is 1.58 bits per heavy atom. The Morgan fingerprint density at radius 2 is 2.37 bits per heavy atom. The van der Waals surface area contributed by atoms with Gasteiger partial charge in [0.05, 0.1) is 5.69 Å². The van der Waals surface area contributed by atoms with Crippen LogP contribution in [0.4, 0.5) is 0 Å². The Labute approximate surface area is 112 Å². The third-order valence-corrected chi connectivity index (χ3v) is 3.42. The zero-order valence-corrected chi connectivity index (χ0v) is 10.9. The van der Waals surface area contributed by atoms with Crippen molar-refractivity contribution >= 4 is 17.7 Å². The Bertz CT molecular complexity index is 649. The molecule has 0 aliphatic rings. The molecule has 0 aliphatic heterocycles. The fourth-order valence-electron chi connectivity index (χ4n) is 1.36. The van der Waals surface area contributed by atoms with Crippen molar-refractivity contribution in [2.24, 2.45) is 12.9 Å². The highest BCUT2D eigenvalue weighted by atomic mass is 32.2. The van der Waals surface area contributed by atoms with Crippen molar-refractivity contribution in [1.29, 1.82) is 0 Å². The molecule has 19 heavy (non-hydrogen) atoms. The predicted molar refractivity (Wildman–Crippen MR) is 69.3 cm³/mol. The number of carbonyl (C=O) groups is 1. The van der Waals surface area contributed by atoms with Crippen molar-refractivity contribution in [3.05, 3.63) is 40.1 Å². The third kappa shape index (κ3) is 3.01. The minimum absolute atomic E-state index is 0.247. The van der Waals surface area contributed by atoms with Crippen LogP contribution in [0.2, 0.25) is 0 Å². The van der Waals surface area contributed by atoms with Gasteiger partial charge < -0.3 is 0 Å². The fraction of sp³-hybridized carbons (Fsp3) is 0.200. The first-order valence-corrected chi connectivity index (χ1v) is 6.31. The van der Waals surface area contributed by atoms with Crippen LogP contribution in [-0.4, -0.2) is 25.7 Å². The summed E-state index contributed by atoms with van der Waals surface area (Å²) in [5.74, 6) is 5.09. The van der Waals surface area contributed by atoms with E-state index >= 15 is 0 Å². The Balaban J connectivity index is 2.10. The largest absolute Gasteiger partial charge is 0.343 e. The van der Waals surface area contributed by atoms with Crippen LogP contribution >= 0.6 is 11.8 Å². The molecular weight excluding hydrogens is 268 g/mol. The molecule has 0 bridgehead atoms. The number of nitrogens with zero attached hydrogens (tertiary/aromatic N) is 3. The van der Waals surface area contributed by atoms with Crippen molar-refractivity contribution in [3.8, 4) is 0 Å². The molecule has 9 heteroatoms. The maximum atomic E-state index is 11.3. The van der Waals surface area contributed by atoms with Gasteiger partial charge in [0.1, 0.15) is 5.69 Å². The van der Waals surface area contributed by atoms with Gasteiger partial charge in [-0.3, -0.25) is 14.8 Å². The molecule has 2 aromatic rings. The van der Waals surface area contributed by atoms with Crippen molar-refractivity contribution < 1.29 is 4.79 Å². The molecule has 100 valence electrons. The quantitative estimate of drug-likeness (QED) is 0.298. The van der Waals surface area contributed by atoms with E-state index in [0.717, 1.165) is 0 Å². The van der Waals surface area contributed by atoms with Crippen molar-refractivity contribution in [2.45, 2.75) is 10.9 Å². The Kier molecular flexibility index (Phi) is 3.97. The average molecular weight is 280 g/mol. The number of carbonyl (C=O) groups excluding carboxylic acids is 1. The van der Waals surface area contributed by atoms with Gasteiger partial charge in [-0.05, 0) is 12.1 Å². The lowest BCUT2D eigenvalue weighted by atomic mass is 10.3. The number of rotatable bonds is 4. The van der Waals surface area contributed by atoms with E-state index in [1.807, 2.05) is 5.43 Å². The lowest BCUT2D eigenvalue weighted by molar-refractivity contribution is 0.0948. The van der Waals surface area contributed by atoms with Crippen LogP contribution in [-0.2, 0) is 12.8 Å². The minimum atomic E-state index is -0.445. The number of nitrogen functional groups attached to an aromatic ring is 1. The normalized spacial score (nSPS) is 10.4. The summed E-state index contributed by atoms with van der Waals surface area (Å²) < 4.78 is 1.40. The third-order valence-electron chi connectivity index (χ3n) is 2.36. The number of hydrazine groups is 1. The van der Waals surface area contributed by atoms with Crippen LogP contribution in [0.15, 0.2) is 28.2 Å². The molecule has 8 nitrogen and oxygen atoms in total. The highest BCUT2D eigenvalue weighted by Crippen LogP contribution is 2.17. The van der Waals surface area contributed by atoms with E-state index in [1.54, 1.807) is 25.2 Å². The number of thioether (sulfide) groups is 1. The van der Waals surface area contributed by atoms with Crippen LogP contribution in [0.1, 0.15) is 16.2 Å². The summed E-state index contributed by atoms with van der Waals surface area (Å²) in [7, 11) is 1.62. The maximum Gasteiger partial charge on any atom is 0.343 e. The van der Waals surface area contributed by atoms with Gasteiger partial charge in [-0.2, -0.15) is 0 Å². The number of nitrogens with one attached hydrogen (secondary N) is 2. The Hall–Kier alpha value is -2.13. The number of aromatic amines is 1. The first-order valence-electron chi connectivity index (χ1n) is 5.33. The summed E-state index contributed by atoms with van der Waals surface area (Å²) in [6, 6.07) is 5.07. The number of pyridine rings is 1. The van der Waals surface area contributed by atoms with E-state index in [4.69, 9.17) is 5.84 Å². The minimum Gasteiger partial charge on any atom is -0.289 e. The van der Waals surface area contributed by atoms with Gasteiger partial charge >= 0.3 is 5.69 Å². The molecule has 0 radical (unpaired) electrons. The lowest BCUT2D eigenvalue weighted by Crippen LogP contribution is -2.30. The van der Waals surface area contributed by atoms with Crippen LogP contribution in [0.3, 0.4) is 0 Å². The summed E-state index contributed by atoms with van der Waals surface area (Å²) in [6.07, 6.45) is 0. The van der Waals surface area contributed by atoms with Gasteiger partial charge in [-0.1, -0.05) is 17.8 Å². The van der Waals surface area contributed by atoms with Crippen LogP contribution < -0.4 is 17.0 Å². The molecule has 0 saturated carbocycles. The molecular formula is C10H12N6O2S. The van der Waals surface area contributed by atoms with Crippen molar-refractivity contribution in [1.82, 2.24) is 25.2 Å². The first-order chi connectivity index (χ1) is 9.11. The van der Waals surface area contributed by atoms with Gasteiger partial charge in [0.25, 0.3) is 5.91 Å². The van der Waals surface area contributed by atoms with E-state index in [-0.39, 0.29) is 11.4 Å². The molecule has 4 N–H and O–H groups in total. The smallest absolute Gasteiger partial charge is 0.289 e. The van der Waals surface area contributed by atoms with Crippen molar-refractivity contribution in [3.63, 3.8) is 0 Å². The van der Waals surface area contributed by atoms with E-state index in [2.05, 4.69) is 15.2 Å². The van der Waals surface area contributed by atoms with Gasteiger partial charge in [-0.15, -0.1) is 5.10 Å². The number of aromatic nitrogens is 4. The predicted octanol–water partition coefficient (Wildman–Crippen LogP) is -0.601. The molecule has 2 aromatic heterocycles. The monoisotopic (exact) mass is 280 g/mol. The first kappa shape index (κ1) is 13.3. The summed E-state index contributed by atoms with van der Waals surface area (Å²) in [5.41, 5.74) is 2.69. The van der Waals surface area contributed by atoms with Crippen LogP contribution in [0.5, 0.6) is 0 Å². The summed E-state index contributed by atoms with van der Waals surface area (Å²) in [6.45, 7) is 0. The van der Waals surface area contributed by atoms with Gasteiger partial charge in [0.2, 0.25) is 0 Å². The van der Waals surface area contributed by atoms with E-state index < -0.39 is 5.91 Å². The second kappa shape index (κ2) is 5.67. The SMILES string of the molecule is Cn1c(SCc2cccc(C(=O)NN)n2)n[nH]c1=O. The fourth-order valence-corrected chi connectivity index (χ4v) is 2.18. The molecule has 1 amide bonds. The van der Waals surface area contributed by atoms with Crippen molar-refractivity contribution in [2.75, 3.05) is 0 Å². The summed E-state index contributed by atoms with van der Waals surface area (Å²) in [4.78, 5) is 26.7. The van der Waals surface area contributed by atoms with Crippen LogP contribution in [0, 0.1) is 0 Å². The second-order valence-electron chi connectivity index (χ2n) is 3.65. The zero-order valence-electron chi connectivity index (χ0n) is 10.1. The molecule has 0 aliphatic carbocycles. The molecule has 2 rings (SSSR count). The second-order valence-corrected chi connectivity index (χ2v) is 4.59. The number of hydrogen-bond acceptors (Lipinski definition) is 6. The zero-order chi connectivity index (χ0) is 13.8. The lowest BCUT2D eigenvalue weighted by Gasteiger charge is -2.03. The van der Waals surface area contributed by atoms with Gasteiger partial charge in [0.15, 0.2) is 5.16 Å². The van der Waals surface area contributed by atoms with Gasteiger partial charge in [-0.25, -0.2) is 20.7 Å². The molecule has 0 aromatic carbocycles. The van der Waals surface area contributed by atoms with Gasteiger partial charge in [0, 0.05) is 12.8 Å². The molecule has 0 fully saturated rings. The molecule has 0 atom stereocenters. The molecule has 2 heterocycles. The Morgan fingerprint density at radius 3 is 3.00 bits per heavy atom. The van der Waals surface area contributed by atoms with E-state index in [9.17, 15) is 9.59 Å². The van der Waals surface area contributed by atoms with E-state index in [1.165, 1.54) is 16.3 Å². The standard InChI is InChI=1S/C10H12N6O2S/c1-16-9(18)14-15-10(16)19-5-6-3-2-4-7(12-6)8(17)13-11/h2-4H,5,11H2,1H3,(H,13,17)(H,14,18).